The first-order valence-electron chi connectivity index (χ1n) is 19.7. The molecular formula is C53H39N3. The molecule has 56 heavy (non-hydrogen) atoms. The highest BCUT2D eigenvalue weighted by molar-refractivity contribution is 5.86. The Bertz CT molecular complexity index is 2710. The van der Waals surface area contributed by atoms with Gasteiger partial charge in [0.1, 0.15) is 0 Å². The molecule has 2 aliphatic rings. The van der Waals surface area contributed by atoms with Crippen molar-refractivity contribution in [2.45, 2.75) is 37.5 Å². The highest BCUT2D eigenvalue weighted by Gasteiger charge is 2.43. The molecule has 1 fully saturated rings. The van der Waals surface area contributed by atoms with Crippen molar-refractivity contribution in [2.75, 3.05) is 0 Å². The van der Waals surface area contributed by atoms with Gasteiger partial charge in [0, 0.05) is 22.1 Å². The van der Waals surface area contributed by atoms with Gasteiger partial charge in [-0.3, -0.25) is 0 Å². The first-order chi connectivity index (χ1) is 27.6. The summed E-state index contributed by atoms with van der Waals surface area (Å²) in [7, 11) is 0. The van der Waals surface area contributed by atoms with Crippen molar-refractivity contribution in [3.63, 3.8) is 0 Å². The van der Waals surface area contributed by atoms with Crippen molar-refractivity contribution in [3.8, 4) is 84.5 Å². The molecule has 0 atom stereocenters. The molecule has 8 aromatic rings. The third-order valence-corrected chi connectivity index (χ3v) is 11.9. The Balaban J connectivity index is 0.957. The molecule has 10 rings (SSSR count). The van der Waals surface area contributed by atoms with Crippen molar-refractivity contribution >= 4 is 0 Å². The molecule has 3 heteroatoms. The molecular weight excluding hydrogens is 679 g/mol. The molecule has 0 aliphatic heterocycles. The lowest BCUT2D eigenvalue weighted by atomic mass is 9.67. The van der Waals surface area contributed by atoms with E-state index in [0.717, 1.165) is 44.8 Å². The molecule has 3 nitrogen and oxygen atoms in total. The highest BCUT2D eigenvalue weighted by atomic mass is 14.9. The molecule has 0 N–H and O–H groups in total. The van der Waals surface area contributed by atoms with Gasteiger partial charge in [0.05, 0.1) is 23.0 Å². The molecule has 1 spiro atoms. The van der Waals surface area contributed by atoms with Gasteiger partial charge in [0.25, 0.3) is 0 Å². The van der Waals surface area contributed by atoms with Crippen LogP contribution < -0.4 is 0 Å². The molecule has 0 radical (unpaired) electrons. The molecule has 2 aliphatic carbocycles. The normalized spacial score (nSPS) is 13.8. The van der Waals surface area contributed by atoms with Crippen LogP contribution in [0.15, 0.2) is 176 Å². The molecule has 0 saturated heterocycles. The van der Waals surface area contributed by atoms with E-state index in [2.05, 4.69) is 140 Å². The van der Waals surface area contributed by atoms with Gasteiger partial charge in [-0.1, -0.05) is 159 Å². The molecule has 1 aromatic heterocycles. The Morgan fingerprint density at radius 1 is 0.393 bits per heavy atom. The van der Waals surface area contributed by atoms with Crippen LogP contribution in [0.3, 0.4) is 0 Å². The lowest BCUT2D eigenvalue weighted by Crippen LogP contribution is -2.28. The number of aromatic nitrogens is 2. The van der Waals surface area contributed by atoms with Crippen LogP contribution in [0.4, 0.5) is 0 Å². The Morgan fingerprint density at radius 2 is 0.929 bits per heavy atom. The van der Waals surface area contributed by atoms with E-state index >= 15 is 0 Å². The maximum Gasteiger partial charge on any atom is 0.160 e. The molecule has 7 aromatic carbocycles. The standard InChI is InChI=1S/C53H39N3/c54-35-36-20-27-48-47(30-36)46-26-25-44(33-49(46)53(48)28-8-3-9-29-53)43-18-10-16-41(31-43)37-21-23-38(24-22-37)42-17-11-19-45(32-42)51-34-50(39-12-4-1-5-13-39)55-52(56-51)40-14-6-2-7-15-40/h1-2,4-7,10-27,30-34H,3,8-9,28-29H2. The maximum atomic E-state index is 9.69. The fourth-order valence-corrected chi connectivity index (χ4v) is 9.11. The van der Waals surface area contributed by atoms with Crippen LogP contribution in [0.5, 0.6) is 0 Å². The van der Waals surface area contributed by atoms with Crippen LogP contribution in [0, 0.1) is 11.3 Å². The minimum Gasteiger partial charge on any atom is -0.228 e. The van der Waals surface area contributed by atoms with Crippen molar-refractivity contribution in [2.24, 2.45) is 0 Å². The third kappa shape index (κ3) is 6.01. The smallest absolute Gasteiger partial charge is 0.160 e. The van der Waals surface area contributed by atoms with Crippen LogP contribution in [-0.4, -0.2) is 9.97 Å². The number of benzene rings is 7. The summed E-state index contributed by atoms with van der Waals surface area (Å²) >= 11 is 0. The second-order valence-corrected chi connectivity index (χ2v) is 15.2. The fraction of sp³-hybridized carbons (Fsp3) is 0.113. The topological polar surface area (TPSA) is 49.6 Å². The lowest BCUT2D eigenvalue weighted by molar-refractivity contribution is 0.353. The van der Waals surface area contributed by atoms with E-state index in [1.54, 1.807) is 0 Å². The highest BCUT2D eigenvalue weighted by Crippen LogP contribution is 2.56. The summed E-state index contributed by atoms with van der Waals surface area (Å²) in [5.41, 5.74) is 18.2. The molecule has 266 valence electrons. The largest absolute Gasteiger partial charge is 0.228 e. The number of hydrogen-bond acceptors (Lipinski definition) is 3. The zero-order valence-electron chi connectivity index (χ0n) is 31.1. The molecule has 1 saturated carbocycles. The monoisotopic (exact) mass is 717 g/mol. The summed E-state index contributed by atoms with van der Waals surface area (Å²) in [6.45, 7) is 0. The summed E-state index contributed by atoms with van der Waals surface area (Å²) in [4.78, 5) is 10.0. The summed E-state index contributed by atoms with van der Waals surface area (Å²) < 4.78 is 0. The number of hydrogen-bond donors (Lipinski definition) is 0. The zero-order chi connectivity index (χ0) is 37.5. The van der Waals surface area contributed by atoms with Crippen molar-refractivity contribution in [3.05, 3.63) is 193 Å². The Labute approximate surface area is 328 Å². The fourth-order valence-electron chi connectivity index (χ4n) is 9.11. The predicted octanol–water partition coefficient (Wildman–Crippen LogP) is 13.6. The number of nitrogens with zero attached hydrogens (tertiary/aromatic N) is 3. The average Bonchev–Trinajstić information content (AvgIpc) is 3.54. The van der Waals surface area contributed by atoms with E-state index in [0.29, 0.717) is 5.82 Å². The van der Waals surface area contributed by atoms with E-state index in [1.807, 2.05) is 42.5 Å². The Kier molecular flexibility index (Phi) is 8.46. The first kappa shape index (κ1) is 33.7. The van der Waals surface area contributed by atoms with Gasteiger partial charge in [-0.2, -0.15) is 5.26 Å². The molecule has 0 bridgehead atoms. The Morgan fingerprint density at radius 3 is 1.59 bits per heavy atom. The van der Waals surface area contributed by atoms with Crippen LogP contribution in [0.25, 0.3) is 78.4 Å². The van der Waals surface area contributed by atoms with E-state index in [-0.39, 0.29) is 5.41 Å². The second kappa shape index (κ2) is 14.1. The van der Waals surface area contributed by atoms with E-state index in [9.17, 15) is 5.26 Å². The van der Waals surface area contributed by atoms with Crippen molar-refractivity contribution < 1.29 is 0 Å². The summed E-state index contributed by atoms with van der Waals surface area (Å²) in [5, 5.41) is 9.69. The minimum atomic E-state index is 0.0412. The molecule has 1 heterocycles. The predicted molar refractivity (Wildman–Crippen MR) is 229 cm³/mol. The van der Waals surface area contributed by atoms with Gasteiger partial charge >= 0.3 is 0 Å². The van der Waals surface area contributed by atoms with E-state index in [1.165, 1.54) is 76.6 Å². The SMILES string of the molecule is N#Cc1ccc2c(c1)-c1ccc(-c3cccc(-c4ccc(-c5cccc(-c6cc(-c7ccccc7)nc(-c7ccccc7)n6)c5)cc4)c3)cc1C21CCCCC1. The van der Waals surface area contributed by atoms with E-state index < -0.39 is 0 Å². The Hall–Kier alpha value is -6.89. The third-order valence-electron chi connectivity index (χ3n) is 11.9. The second-order valence-electron chi connectivity index (χ2n) is 15.2. The molecule has 0 unspecified atom stereocenters. The summed E-state index contributed by atoms with van der Waals surface area (Å²) in [5.74, 6) is 0.714. The van der Waals surface area contributed by atoms with E-state index in [4.69, 9.17) is 9.97 Å². The quantitative estimate of drug-likeness (QED) is 0.172. The van der Waals surface area contributed by atoms with Gasteiger partial charge in [-0.25, -0.2) is 9.97 Å². The zero-order valence-corrected chi connectivity index (χ0v) is 31.1. The lowest BCUT2D eigenvalue weighted by Gasteiger charge is -2.36. The van der Waals surface area contributed by atoms with Crippen LogP contribution in [-0.2, 0) is 5.41 Å². The van der Waals surface area contributed by atoms with Crippen LogP contribution in [0.1, 0.15) is 48.8 Å². The molecule has 0 amide bonds. The van der Waals surface area contributed by atoms with Crippen molar-refractivity contribution in [1.82, 2.24) is 9.97 Å². The van der Waals surface area contributed by atoms with Crippen LogP contribution >= 0.6 is 0 Å². The van der Waals surface area contributed by atoms with Gasteiger partial charge in [-0.05, 0) is 105 Å². The summed E-state index contributed by atoms with van der Waals surface area (Å²) in [6, 6.07) is 64.8. The van der Waals surface area contributed by atoms with Gasteiger partial charge in [-0.15, -0.1) is 0 Å². The summed E-state index contributed by atoms with van der Waals surface area (Å²) in [6.07, 6.45) is 6.11. The van der Waals surface area contributed by atoms with Crippen LogP contribution in [0.2, 0.25) is 0 Å². The minimum absolute atomic E-state index is 0.0412. The van der Waals surface area contributed by atoms with Gasteiger partial charge in [0.15, 0.2) is 5.82 Å². The number of rotatable bonds is 6. The van der Waals surface area contributed by atoms with Crippen molar-refractivity contribution in [1.29, 1.82) is 5.26 Å². The number of nitriles is 1. The number of fused-ring (bicyclic) bond motifs is 5. The average molecular weight is 718 g/mol. The maximum absolute atomic E-state index is 9.69. The first-order valence-corrected chi connectivity index (χ1v) is 19.7. The van der Waals surface area contributed by atoms with Gasteiger partial charge < -0.3 is 0 Å². The van der Waals surface area contributed by atoms with Gasteiger partial charge in [0.2, 0.25) is 0 Å².